The molecule has 1 unspecified atom stereocenters. The fraction of sp³-hybridized carbons (Fsp3) is 0.182. The minimum Gasteiger partial charge on any atom is -0.438 e. The number of hydrogen-bond donors (Lipinski definition) is 1. The van der Waals surface area contributed by atoms with Gasteiger partial charge in [-0.25, -0.2) is 4.98 Å². The van der Waals surface area contributed by atoms with E-state index >= 15 is 0 Å². The monoisotopic (exact) mass is 403 g/mol. The van der Waals surface area contributed by atoms with Crippen LogP contribution in [0.5, 0.6) is 11.6 Å². The third kappa shape index (κ3) is 3.80. The molecule has 0 saturated carbocycles. The molecule has 1 N–H and O–H groups in total. The molecule has 1 aromatic heterocycles. The van der Waals surface area contributed by atoms with Gasteiger partial charge < -0.3 is 4.74 Å². The van der Waals surface area contributed by atoms with Crippen LogP contribution in [0.2, 0.25) is 0 Å². The predicted molar refractivity (Wildman–Crippen MR) is 111 cm³/mol. The Morgan fingerprint density at radius 1 is 1.17 bits per heavy atom. The van der Waals surface area contributed by atoms with Gasteiger partial charge in [0.1, 0.15) is 11.8 Å². The van der Waals surface area contributed by atoms with Crippen molar-refractivity contribution in [1.29, 1.82) is 5.26 Å². The minimum atomic E-state index is -0.399. The largest absolute Gasteiger partial charge is 0.438 e. The molecule has 2 heterocycles. The second-order valence-electron chi connectivity index (χ2n) is 6.61. The van der Waals surface area contributed by atoms with Crippen LogP contribution in [0, 0.1) is 11.3 Å². The molecule has 6 nitrogen and oxygen atoms in total. The summed E-state index contributed by atoms with van der Waals surface area (Å²) in [5.41, 5.74) is 2.56. The van der Waals surface area contributed by atoms with Gasteiger partial charge >= 0.3 is 0 Å². The Balaban J connectivity index is 1.62. The van der Waals surface area contributed by atoms with Crippen LogP contribution in [0.15, 0.2) is 48.7 Å². The van der Waals surface area contributed by atoms with E-state index in [4.69, 9.17) is 4.74 Å². The van der Waals surface area contributed by atoms with Crippen molar-refractivity contribution in [2.75, 3.05) is 0 Å². The number of hydrogen-bond acceptors (Lipinski definition) is 6. The van der Waals surface area contributed by atoms with Crippen molar-refractivity contribution < 1.29 is 14.3 Å². The van der Waals surface area contributed by atoms with Gasteiger partial charge in [0.25, 0.3) is 5.24 Å². The number of ether oxygens (including phenoxy) is 1. The van der Waals surface area contributed by atoms with Crippen LogP contribution in [0.1, 0.15) is 23.6 Å². The SMILES string of the molecule is CCc1cc(Oc2ncc(C#N)c3ccccc23)ccc1CC1SC(=O)NC1=O. The summed E-state index contributed by atoms with van der Waals surface area (Å²) in [6.45, 7) is 2.03. The van der Waals surface area contributed by atoms with Gasteiger partial charge in [-0.1, -0.05) is 43.0 Å². The number of pyridine rings is 1. The number of carbonyl (C=O) groups is 2. The van der Waals surface area contributed by atoms with Gasteiger partial charge in [0.2, 0.25) is 11.8 Å². The number of fused-ring (bicyclic) bond motifs is 1. The predicted octanol–water partition coefficient (Wildman–Crippen LogP) is 4.36. The molecule has 144 valence electrons. The molecule has 2 aromatic carbocycles. The van der Waals surface area contributed by atoms with Gasteiger partial charge in [0.05, 0.1) is 10.8 Å². The number of benzene rings is 2. The van der Waals surface area contributed by atoms with Gasteiger partial charge in [-0.2, -0.15) is 5.26 Å². The number of amides is 2. The van der Waals surface area contributed by atoms with Crippen LogP contribution < -0.4 is 10.1 Å². The number of thioether (sulfide) groups is 1. The van der Waals surface area contributed by atoms with Crippen molar-refractivity contribution in [2.24, 2.45) is 0 Å². The topological polar surface area (TPSA) is 92.1 Å². The van der Waals surface area contributed by atoms with Crippen molar-refractivity contribution >= 4 is 33.7 Å². The van der Waals surface area contributed by atoms with E-state index in [0.717, 1.165) is 40.1 Å². The molecule has 0 radical (unpaired) electrons. The average Bonchev–Trinajstić information content (AvgIpc) is 3.06. The second kappa shape index (κ2) is 7.94. The molecule has 3 aromatic rings. The first-order valence-electron chi connectivity index (χ1n) is 9.18. The molecule has 1 saturated heterocycles. The number of aromatic nitrogens is 1. The quantitative estimate of drug-likeness (QED) is 0.681. The highest BCUT2D eigenvalue weighted by Crippen LogP contribution is 2.32. The van der Waals surface area contributed by atoms with E-state index in [1.165, 1.54) is 6.20 Å². The van der Waals surface area contributed by atoms with Crippen LogP contribution >= 0.6 is 11.8 Å². The highest BCUT2D eigenvalue weighted by molar-refractivity contribution is 8.15. The van der Waals surface area contributed by atoms with E-state index in [0.29, 0.717) is 23.6 Å². The maximum absolute atomic E-state index is 11.9. The molecule has 0 aliphatic carbocycles. The summed E-state index contributed by atoms with van der Waals surface area (Å²) in [7, 11) is 0. The normalized spacial score (nSPS) is 15.9. The smallest absolute Gasteiger partial charge is 0.286 e. The standard InChI is InChI=1S/C22H17N3O3S/c1-2-13-9-16(8-7-14(13)10-19-20(26)25-22(27)29-19)28-21-18-6-4-3-5-17(18)15(11-23)12-24-21/h3-9,12,19H,2,10H2,1H3,(H,25,26,27). The van der Waals surface area contributed by atoms with E-state index in [2.05, 4.69) is 16.4 Å². The Morgan fingerprint density at radius 2 is 1.97 bits per heavy atom. The van der Waals surface area contributed by atoms with E-state index in [9.17, 15) is 14.9 Å². The fourth-order valence-electron chi connectivity index (χ4n) is 3.37. The highest BCUT2D eigenvalue weighted by atomic mass is 32.2. The Bertz CT molecular complexity index is 1170. The maximum atomic E-state index is 11.9. The summed E-state index contributed by atoms with van der Waals surface area (Å²) in [5, 5.41) is 12.5. The van der Waals surface area contributed by atoms with Crippen LogP contribution in [-0.2, 0) is 17.6 Å². The summed E-state index contributed by atoms with van der Waals surface area (Å²) >= 11 is 1.03. The van der Waals surface area contributed by atoms with E-state index in [1.54, 1.807) is 0 Å². The van der Waals surface area contributed by atoms with Crippen LogP contribution in [0.4, 0.5) is 4.79 Å². The Hall–Kier alpha value is -3.37. The Kier molecular flexibility index (Phi) is 5.19. The van der Waals surface area contributed by atoms with Gasteiger partial charge in [-0.15, -0.1) is 0 Å². The molecule has 1 aliphatic rings. The van der Waals surface area contributed by atoms with Crippen molar-refractivity contribution in [3.8, 4) is 17.7 Å². The minimum absolute atomic E-state index is 0.240. The molecular weight excluding hydrogens is 386 g/mol. The van der Waals surface area contributed by atoms with E-state index in [1.807, 2.05) is 49.4 Å². The third-order valence-corrected chi connectivity index (χ3v) is 5.81. The third-order valence-electron chi connectivity index (χ3n) is 4.82. The molecule has 7 heteroatoms. The number of nitriles is 1. The molecule has 1 fully saturated rings. The lowest BCUT2D eigenvalue weighted by Crippen LogP contribution is -2.25. The summed E-state index contributed by atoms with van der Waals surface area (Å²) in [5.74, 6) is 0.828. The number of carbonyl (C=O) groups excluding carboxylic acids is 2. The van der Waals surface area contributed by atoms with Gasteiger partial charge in [-0.3, -0.25) is 14.9 Å². The first-order valence-corrected chi connectivity index (χ1v) is 10.1. The van der Waals surface area contributed by atoms with E-state index < -0.39 is 5.25 Å². The molecule has 1 aliphatic heterocycles. The molecule has 0 bridgehead atoms. The molecule has 0 spiro atoms. The van der Waals surface area contributed by atoms with Crippen molar-refractivity contribution in [3.05, 3.63) is 65.4 Å². The van der Waals surface area contributed by atoms with Crippen molar-refractivity contribution in [3.63, 3.8) is 0 Å². The number of rotatable bonds is 5. The number of nitrogens with one attached hydrogen (secondary N) is 1. The summed E-state index contributed by atoms with van der Waals surface area (Å²) < 4.78 is 6.04. The zero-order chi connectivity index (χ0) is 20.4. The van der Waals surface area contributed by atoms with Crippen LogP contribution in [0.3, 0.4) is 0 Å². The fourth-order valence-corrected chi connectivity index (χ4v) is 4.22. The Morgan fingerprint density at radius 3 is 2.66 bits per heavy atom. The highest BCUT2D eigenvalue weighted by Gasteiger charge is 2.31. The first-order chi connectivity index (χ1) is 14.1. The lowest BCUT2D eigenvalue weighted by atomic mass is 10.00. The molecular formula is C22H17N3O3S. The lowest BCUT2D eigenvalue weighted by molar-refractivity contribution is -0.118. The van der Waals surface area contributed by atoms with E-state index in [-0.39, 0.29) is 11.1 Å². The van der Waals surface area contributed by atoms with Crippen molar-refractivity contribution in [2.45, 2.75) is 25.0 Å². The van der Waals surface area contributed by atoms with Crippen LogP contribution in [0.25, 0.3) is 10.8 Å². The molecule has 4 rings (SSSR count). The number of nitrogens with zero attached hydrogens (tertiary/aromatic N) is 2. The summed E-state index contributed by atoms with van der Waals surface area (Å²) in [4.78, 5) is 27.6. The maximum Gasteiger partial charge on any atom is 0.286 e. The number of imide groups is 1. The number of aryl methyl sites for hydroxylation is 1. The Labute approximate surface area is 171 Å². The molecule has 2 amide bonds. The van der Waals surface area contributed by atoms with Gasteiger partial charge in [-0.05, 0) is 42.2 Å². The van der Waals surface area contributed by atoms with Gasteiger partial charge in [0, 0.05) is 17.0 Å². The zero-order valence-corrected chi connectivity index (χ0v) is 16.5. The first kappa shape index (κ1) is 19.0. The lowest BCUT2D eigenvalue weighted by Gasteiger charge is -2.14. The second-order valence-corrected chi connectivity index (χ2v) is 7.78. The summed E-state index contributed by atoms with van der Waals surface area (Å²) in [6, 6.07) is 15.3. The summed E-state index contributed by atoms with van der Waals surface area (Å²) in [6.07, 6.45) is 2.77. The van der Waals surface area contributed by atoms with Gasteiger partial charge in [0.15, 0.2) is 0 Å². The molecule has 1 atom stereocenters. The van der Waals surface area contributed by atoms with Crippen molar-refractivity contribution in [1.82, 2.24) is 10.3 Å². The average molecular weight is 403 g/mol. The molecule has 29 heavy (non-hydrogen) atoms. The van der Waals surface area contributed by atoms with Crippen LogP contribution in [-0.4, -0.2) is 21.4 Å². The zero-order valence-electron chi connectivity index (χ0n) is 15.6.